The lowest BCUT2D eigenvalue weighted by atomic mass is 9.69. The van der Waals surface area contributed by atoms with Gasteiger partial charge in [0.2, 0.25) is 0 Å². The highest BCUT2D eigenvalue weighted by Gasteiger charge is 2.48. The molecule has 0 radical (unpaired) electrons. The number of nitrogens with zero attached hydrogens (tertiary/aromatic N) is 2. The van der Waals surface area contributed by atoms with E-state index in [4.69, 9.17) is 11.6 Å². The SMILES string of the molecule is CN(C)C1CCN2CCc3ccccc3C2(c2ccc(Cl)cc2)C1.Cl.Cl. The third-order valence-corrected chi connectivity index (χ3v) is 6.22. The van der Waals surface area contributed by atoms with Gasteiger partial charge in [-0.05, 0) is 62.2 Å². The monoisotopic (exact) mass is 412 g/mol. The molecule has 1 fully saturated rings. The van der Waals surface area contributed by atoms with Crippen LogP contribution in [0.3, 0.4) is 0 Å². The molecule has 2 aliphatic rings. The van der Waals surface area contributed by atoms with Crippen molar-refractivity contribution in [2.24, 2.45) is 0 Å². The lowest BCUT2D eigenvalue weighted by molar-refractivity contribution is 0.0245. The molecule has 2 aromatic carbocycles. The molecule has 0 aromatic heterocycles. The van der Waals surface area contributed by atoms with Crippen LogP contribution >= 0.6 is 36.4 Å². The van der Waals surface area contributed by atoms with E-state index in [1.165, 1.54) is 23.1 Å². The Morgan fingerprint density at radius 3 is 2.38 bits per heavy atom. The minimum atomic E-state index is -0.0212. The molecule has 2 aromatic rings. The van der Waals surface area contributed by atoms with Crippen LogP contribution in [0.4, 0.5) is 0 Å². The van der Waals surface area contributed by atoms with E-state index in [0.717, 1.165) is 31.0 Å². The van der Waals surface area contributed by atoms with Gasteiger partial charge in [-0.15, -0.1) is 24.8 Å². The molecule has 5 heteroatoms. The maximum atomic E-state index is 6.18. The summed E-state index contributed by atoms with van der Waals surface area (Å²) in [6, 6.07) is 18.2. The fraction of sp³-hybridized carbons (Fsp3) is 0.429. The number of rotatable bonds is 2. The van der Waals surface area contributed by atoms with E-state index >= 15 is 0 Å². The molecule has 0 N–H and O–H groups in total. The zero-order valence-corrected chi connectivity index (χ0v) is 17.7. The van der Waals surface area contributed by atoms with Crippen LogP contribution in [0.2, 0.25) is 5.02 Å². The van der Waals surface area contributed by atoms with Crippen molar-refractivity contribution in [1.82, 2.24) is 9.80 Å². The summed E-state index contributed by atoms with van der Waals surface area (Å²) in [5.41, 5.74) is 4.35. The number of halogens is 3. The van der Waals surface area contributed by atoms with Gasteiger partial charge in [-0.1, -0.05) is 48.0 Å². The van der Waals surface area contributed by atoms with Gasteiger partial charge in [-0.3, -0.25) is 4.90 Å². The van der Waals surface area contributed by atoms with Gasteiger partial charge in [-0.2, -0.15) is 0 Å². The predicted octanol–water partition coefficient (Wildman–Crippen LogP) is 5.01. The molecule has 1 saturated heterocycles. The van der Waals surface area contributed by atoms with Crippen molar-refractivity contribution in [3.8, 4) is 0 Å². The third kappa shape index (κ3) is 3.50. The maximum Gasteiger partial charge on any atom is 0.0733 e. The van der Waals surface area contributed by atoms with E-state index in [0.29, 0.717) is 6.04 Å². The van der Waals surface area contributed by atoms with Crippen molar-refractivity contribution < 1.29 is 0 Å². The van der Waals surface area contributed by atoms with Crippen LogP contribution in [0.25, 0.3) is 0 Å². The van der Waals surface area contributed by atoms with Crippen molar-refractivity contribution in [3.05, 3.63) is 70.2 Å². The van der Waals surface area contributed by atoms with Gasteiger partial charge < -0.3 is 4.90 Å². The molecule has 2 atom stereocenters. The summed E-state index contributed by atoms with van der Waals surface area (Å²) < 4.78 is 0. The Morgan fingerprint density at radius 1 is 1.00 bits per heavy atom. The molecular formula is C21H27Cl3N2. The highest BCUT2D eigenvalue weighted by atomic mass is 35.5. The predicted molar refractivity (Wildman–Crippen MR) is 115 cm³/mol. The van der Waals surface area contributed by atoms with Crippen LogP contribution in [0.5, 0.6) is 0 Å². The van der Waals surface area contributed by atoms with E-state index in [9.17, 15) is 0 Å². The average Bonchev–Trinajstić information content (AvgIpc) is 2.61. The molecule has 4 rings (SSSR count). The van der Waals surface area contributed by atoms with Gasteiger partial charge in [0.15, 0.2) is 0 Å². The number of piperidine rings is 1. The van der Waals surface area contributed by atoms with E-state index < -0.39 is 0 Å². The molecule has 26 heavy (non-hydrogen) atoms. The largest absolute Gasteiger partial charge is 0.306 e. The molecule has 0 bridgehead atoms. The van der Waals surface area contributed by atoms with Crippen LogP contribution < -0.4 is 0 Å². The first-order chi connectivity index (χ1) is 11.6. The van der Waals surface area contributed by atoms with E-state index in [-0.39, 0.29) is 30.4 Å². The van der Waals surface area contributed by atoms with Crippen LogP contribution in [0.1, 0.15) is 29.5 Å². The van der Waals surface area contributed by atoms with E-state index in [2.05, 4.69) is 60.3 Å². The fourth-order valence-electron chi connectivity index (χ4n) is 4.67. The molecule has 2 aliphatic heterocycles. The topological polar surface area (TPSA) is 6.48 Å². The molecule has 2 nitrogen and oxygen atoms in total. The van der Waals surface area contributed by atoms with Gasteiger partial charge in [0, 0.05) is 24.2 Å². The van der Waals surface area contributed by atoms with Crippen LogP contribution in [-0.4, -0.2) is 43.0 Å². The lowest BCUT2D eigenvalue weighted by Gasteiger charge is -2.54. The highest BCUT2D eigenvalue weighted by Crippen LogP contribution is 2.47. The molecule has 0 aliphatic carbocycles. The highest BCUT2D eigenvalue weighted by molar-refractivity contribution is 6.30. The summed E-state index contributed by atoms with van der Waals surface area (Å²) in [5, 5.41) is 0.811. The van der Waals surface area contributed by atoms with Crippen molar-refractivity contribution in [2.45, 2.75) is 30.8 Å². The zero-order chi connectivity index (χ0) is 16.7. The first kappa shape index (κ1) is 21.5. The molecule has 0 saturated carbocycles. The van der Waals surface area contributed by atoms with Gasteiger partial charge in [0.05, 0.1) is 5.54 Å². The van der Waals surface area contributed by atoms with E-state index in [1.807, 2.05) is 12.1 Å². The standard InChI is InChI=1S/C21H25ClN2.2ClH/c1-23(2)19-12-14-24-13-11-16-5-3-4-6-20(16)21(24,15-19)17-7-9-18(22)10-8-17;;/h3-10,19H,11-15H2,1-2H3;2*1H. The quantitative estimate of drug-likeness (QED) is 0.683. The number of hydrogen-bond acceptors (Lipinski definition) is 2. The van der Waals surface area contributed by atoms with Crippen molar-refractivity contribution in [1.29, 1.82) is 0 Å². The molecule has 2 heterocycles. The summed E-state index contributed by atoms with van der Waals surface area (Å²) in [5.74, 6) is 0. The number of fused-ring (bicyclic) bond motifs is 3. The zero-order valence-electron chi connectivity index (χ0n) is 15.3. The molecule has 2 unspecified atom stereocenters. The summed E-state index contributed by atoms with van der Waals surface area (Å²) in [6.45, 7) is 2.29. The molecule has 0 spiro atoms. The summed E-state index contributed by atoms with van der Waals surface area (Å²) >= 11 is 6.18. The Hall–Kier alpha value is -0.770. The van der Waals surface area contributed by atoms with Crippen LogP contribution in [0.15, 0.2) is 48.5 Å². The number of benzene rings is 2. The summed E-state index contributed by atoms with van der Waals surface area (Å²) in [6.07, 6.45) is 3.53. The Morgan fingerprint density at radius 2 is 1.69 bits per heavy atom. The van der Waals surface area contributed by atoms with Gasteiger partial charge in [-0.25, -0.2) is 0 Å². The Labute approximate surface area is 174 Å². The van der Waals surface area contributed by atoms with Crippen molar-refractivity contribution in [3.63, 3.8) is 0 Å². The Kier molecular flexibility index (Phi) is 7.04. The normalized spacial score (nSPS) is 24.8. The van der Waals surface area contributed by atoms with Gasteiger partial charge >= 0.3 is 0 Å². The average molecular weight is 414 g/mol. The first-order valence-corrected chi connectivity index (χ1v) is 9.25. The molecule has 142 valence electrons. The third-order valence-electron chi connectivity index (χ3n) is 5.97. The van der Waals surface area contributed by atoms with E-state index in [1.54, 1.807) is 0 Å². The fourth-order valence-corrected chi connectivity index (χ4v) is 4.80. The first-order valence-electron chi connectivity index (χ1n) is 8.87. The second-order valence-electron chi connectivity index (χ2n) is 7.37. The second-order valence-corrected chi connectivity index (χ2v) is 7.81. The Balaban J connectivity index is 0.00000121. The summed E-state index contributed by atoms with van der Waals surface area (Å²) in [7, 11) is 4.43. The minimum Gasteiger partial charge on any atom is -0.306 e. The minimum absolute atomic E-state index is 0. The van der Waals surface area contributed by atoms with Gasteiger partial charge in [0.25, 0.3) is 0 Å². The maximum absolute atomic E-state index is 6.18. The Bertz CT molecular complexity index is 732. The smallest absolute Gasteiger partial charge is 0.0733 e. The molecular weight excluding hydrogens is 387 g/mol. The van der Waals surface area contributed by atoms with Crippen LogP contribution in [0, 0.1) is 0 Å². The second kappa shape index (κ2) is 8.50. The van der Waals surface area contributed by atoms with Crippen molar-refractivity contribution >= 4 is 36.4 Å². The molecule has 0 amide bonds. The van der Waals surface area contributed by atoms with Gasteiger partial charge in [0.1, 0.15) is 0 Å². The summed E-state index contributed by atoms with van der Waals surface area (Å²) in [4.78, 5) is 5.10. The number of hydrogen-bond donors (Lipinski definition) is 0. The lowest BCUT2D eigenvalue weighted by Crippen LogP contribution is -2.58. The van der Waals surface area contributed by atoms with Crippen molar-refractivity contribution in [2.75, 3.05) is 27.2 Å². The van der Waals surface area contributed by atoms with Crippen LogP contribution in [-0.2, 0) is 12.0 Å².